The first kappa shape index (κ1) is 14.6. The molecule has 1 aromatic rings. The van der Waals surface area contributed by atoms with E-state index in [1.807, 2.05) is 19.1 Å². The predicted molar refractivity (Wildman–Crippen MR) is 76.0 cm³/mol. The molecule has 0 aliphatic rings. The predicted octanol–water partition coefficient (Wildman–Crippen LogP) is 2.63. The maximum Gasteiger partial charge on any atom is 0.123 e. The Bertz CT molecular complexity index is 378. The summed E-state index contributed by atoms with van der Waals surface area (Å²) in [5.41, 5.74) is 6.63. The van der Waals surface area contributed by atoms with Crippen LogP contribution in [0.3, 0.4) is 0 Å². The molecule has 0 radical (unpaired) electrons. The van der Waals surface area contributed by atoms with Gasteiger partial charge in [0.05, 0.1) is 12.2 Å². The van der Waals surface area contributed by atoms with Gasteiger partial charge in [0.25, 0.3) is 0 Å². The lowest BCUT2D eigenvalue weighted by Gasteiger charge is -2.22. The normalized spacial score (nSPS) is 14.0. The zero-order valence-electron chi connectivity index (χ0n) is 11.5. The molecule has 4 nitrogen and oxygen atoms in total. The molecule has 0 amide bonds. The second kappa shape index (κ2) is 6.50. The van der Waals surface area contributed by atoms with Gasteiger partial charge in [-0.3, -0.25) is 0 Å². The zero-order valence-corrected chi connectivity index (χ0v) is 11.5. The van der Waals surface area contributed by atoms with E-state index in [0.717, 1.165) is 17.9 Å². The summed E-state index contributed by atoms with van der Waals surface area (Å²) in [7, 11) is 0. The summed E-state index contributed by atoms with van der Waals surface area (Å²) in [4.78, 5) is 0. The van der Waals surface area contributed by atoms with Crippen LogP contribution in [0.2, 0.25) is 0 Å². The van der Waals surface area contributed by atoms with Crippen LogP contribution in [0.1, 0.15) is 33.6 Å². The van der Waals surface area contributed by atoms with Gasteiger partial charge in [0.1, 0.15) is 5.75 Å². The minimum atomic E-state index is -0.713. The highest BCUT2D eigenvalue weighted by Gasteiger charge is 2.16. The quantitative estimate of drug-likeness (QED) is 0.653. The highest BCUT2D eigenvalue weighted by molar-refractivity contribution is 5.59. The average molecular weight is 252 g/mol. The molecule has 0 bridgehead atoms. The van der Waals surface area contributed by atoms with Crippen molar-refractivity contribution >= 4 is 11.4 Å². The van der Waals surface area contributed by atoms with E-state index in [1.165, 1.54) is 0 Å². The third-order valence-corrected chi connectivity index (χ3v) is 2.84. The molecule has 0 aliphatic heterocycles. The Hall–Kier alpha value is -1.42. The molecule has 1 unspecified atom stereocenters. The van der Waals surface area contributed by atoms with Gasteiger partial charge in [-0.15, -0.1) is 0 Å². The van der Waals surface area contributed by atoms with Crippen molar-refractivity contribution in [3.63, 3.8) is 0 Å². The number of benzene rings is 1. The summed E-state index contributed by atoms with van der Waals surface area (Å²) in [5.74, 6) is 0.760. The van der Waals surface area contributed by atoms with E-state index in [4.69, 9.17) is 10.5 Å². The number of nitrogen functional groups attached to an aromatic ring is 1. The fourth-order valence-electron chi connectivity index (χ4n) is 1.44. The van der Waals surface area contributed by atoms with Crippen molar-refractivity contribution < 1.29 is 9.84 Å². The fraction of sp³-hybridized carbons (Fsp3) is 0.571. The molecule has 0 spiro atoms. The van der Waals surface area contributed by atoms with Crippen LogP contribution < -0.4 is 15.8 Å². The monoisotopic (exact) mass is 252 g/mol. The Balaban J connectivity index is 2.68. The Morgan fingerprint density at radius 3 is 2.67 bits per heavy atom. The van der Waals surface area contributed by atoms with Crippen LogP contribution in [-0.4, -0.2) is 23.9 Å². The van der Waals surface area contributed by atoms with Gasteiger partial charge in [-0.1, -0.05) is 13.8 Å². The van der Waals surface area contributed by atoms with Gasteiger partial charge in [0, 0.05) is 30.1 Å². The molecule has 0 heterocycles. The highest BCUT2D eigenvalue weighted by atomic mass is 16.5. The van der Waals surface area contributed by atoms with Crippen LogP contribution in [0.5, 0.6) is 5.75 Å². The third-order valence-electron chi connectivity index (χ3n) is 2.84. The summed E-state index contributed by atoms with van der Waals surface area (Å²) < 4.78 is 5.55. The summed E-state index contributed by atoms with van der Waals surface area (Å²) >= 11 is 0. The molecule has 1 rings (SSSR count). The number of rotatable bonds is 7. The molecule has 18 heavy (non-hydrogen) atoms. The molecule has 1 atom stereocenters. The second-order valence-electron chi connectivity index (χ2n) is 4.84. The number of nitrogens with one attached hydrogen (secondary N) is 1. The summed E-state index contributed by atoms with van der Waals surface area (Å²) in [6, 6.07) is 5.54. The Morgan fingerprint density at radius 2 is 2.06 bits per heavy atom. The van der Waals surface area contributed by atoms with Crippen LogP contribution in [0.25, 0.3) is 0 Å². The molecule has 4 N–H and O–H groups in total. The molecule has 4 heteroatoms. The second-order valence-corrected chi connectivity index (χ2v) is 4.84. The van der Waals surface area contributed by atoms with E-state index >= 15 is 0 Å². The minimum absolute atomic E-state index is 0.486. The van der Waals surface area contributed by atoms with E-state index in [2.05, 4.69) is 12.2 Å². The SMILES string of the molecule is CCCOc1cc(N)cc(NCC(C)(O)CC)c1. The molecule has 0 saturated carbocycles. The van der Waals surface area contributed by atoms with E-state index in [9.17, 15) is 5.11 Å². The van der Waals surface area contributed by atoms with Crippen LogP contribution in [0, 0.1) is 0 Å². The molecule has 102 valence electrons. The van der Waals surface area contributed by atoms with Crippen molar-refractivity contribution in [3.8, 4) is 5.75 Å². The fourth-order valence-corrected chi connectivity index (χ4v) is 1.44. The average Bonchev–Trinajstić information content (AvgIpc) is 2.33. The first-order valence-electron chi connectivity index (χ1n) is 6.46. The van der Waals surface area contributed by atoms with Crippen molar-refractivity contribution in [3.05, 3.63) is 18.2 Å². The third kappa shape index (κ3) is 4.84. The smallest absolute Gasteiger partial charge is 0.123 e. The van der Waals surface area contributed by atoms with E-state index in [0.29, 0.717) is 25.3 Å². The van der Waals surface area contributed by atoms with Gasteiger partial charge in [0.15, 0.2) is 0 Å². The maximum absolute atomic E-state index is 9.94. The Morgan fingerprint density at radius 1 is 1.33 bits per heavy atom. The lowest BCUT2D eigenvalue weighted by molar-refractivity contribution is 0.0697. The molecule has 0 aliphatic carbocycles. The minimum Gasteiger partial charge on any atom is -0.493 e. The van der Waals surface area contributed by atoms with Gasteiger partial charge in [-0.2, -0.15) is 0 Å². The number of ether oxygens (including phenoxy) is 1. The lowest BCUT2D eigenvalue weighted by atomic mass is 10.0. The van der Waals surface area contributed by atoms with Gasteiger partial charge in [-0.05, 0) is 25.8 Å². The maximum atomic E-state index is 9.94. The Labute approximate surface area is 109 Å². The topological polar surface area (TPSA) is 67.5 Å². The standard InChI is InChI=1S/C14H24N2O2/c1-4-6-18-13-8-11(15)7-12(9-13)16-10-14(3,17)5-2/h7-9,16-17H,4-6,10,15H2,1-3H3. The van der Waals surface area contributed by atoms with Crippen LogP contribution >= 0.6 is 0 Å². The molecule has 1 aromatic carbocycles. The van der Waals surface area contributed by atoms with E-state index < -0.39 is 5.60 Å². The van der Waals surface area contributed by atoms with Gasteiger partial charge in [0.2, 0.25) is 0 Å². The number of hydrogen-bond acceptors (Lipinski definition) is 4. The number of nitrogens with two attached hydrogens (primary N) is 1. The largest absolute Gasteiger partial charge is 0.493 e. The van der Waals surface area contributed by atoms with Crippen molar-refractivity contribution in [2.45, 2.75) is 39.2 Å². The van der Waals surface area contributed by atoms with Crippen molar-refractivity contribution in [1.82, 2.24) is 0 Å². The first-order valence-corrected chi connectivity index (χ1v) is 6.46. The summed E-state index contributed by atoms with van der Waals surface area (Å²) in [6.45, 7) is 6.98. The molecule has 0 aromatic heterocycles. The first-order chi connectivity index (χ1) is 8.46. The molecular weight excluding hydrogens is 228 g/mol. The van der Waals surface area contributed by atoms with Crippen molar-refractivity contribution in [1.29, 1.82) is 0 Å². The van der Waals surface area contributed by atoms with Crippen LogP contribution in [-0.2, 0) is 0 Å². The van der Waals surface area contributed by atoms with E-state index in [-0.39, 0.29) is 0 Å². The van der Waals surface area contributed by atoms with Gasteiger partial charge in [-0.25, -0.2) is 0 Å². The number of anilines is 2. The van der Waals surface area contributed by atoms with Crippen molar-refractivity contribution in [2.75, 3.05) is 24.2 Å². The number of hydrogen-bond donors (Lipinski definition) is 3. The molecule has 0 saturated heterocycles. The van der Waals surface area contributed by atoms with Crippen LogP contribution in [0.4, 0.5) is 11.4 Å². The van der Waals surface area contributed by atoms with E-state index in [1.54, 1.807) is 13.0 Å². The molecular formula is C14H24N2O2. The van der Waals surface area contributed by atoms with Crippen molar-refractivity contribution in [2.24, 2.45) is 0 Å². The lowest BCUT2D eigenvalue weighted by Crippen LogP contribution is -2.32. The zero-order chi connectivity index (χ0) is 13.6. The van der Waals surface area contributed by atoms with Crippen LogP contribution in [0.15, 0.2) is 18.2 Å². The summed E-state index contributed by atoms with van der Waals surface area (Å²) in [6.07, 6.45) is 1.66. The van der Waals surface area contributed by atoms with Gasteiger partial charge >= 0.3 is 0 Å². The summed E-state index contributed by atoms with van der Waals surface area (Å²) in [5, 5.41) is 13.1. The highest BCUT2D eigenvalue weighted by Crippen LogP contribution is 2.23. The van der Waals surface area contributed by atoms with Gasteiger partial charge < -0.3 is 20.9 Å². The Kier molecular flexibility index (Phi) is 5.28. The molecule has 0 fully saturated rings. The number of aliphatic hydroxyl groups is 1.